The fourth-order valence-corrected chi connectivity index (χ4v) is 2.58. The van der Waals surface area contributed by atoms with Crippen LogP contribution in [0.3, 0.4) is 0 Å². The number of benzene rings is 2. The first-order chi connectivity index (χ1) is 17.7. The third-order valence-electron chi connectivity index (χ3n) is 4.24. The lowest BCUT2D eigenvalue weighted by Gasteiger charge is -2.18. The third-order valence-corrected chi connectivity index (χ3v) is 4.24. The number of aliphatic imine (C=N–C) groups is 1. The van der Waals surface area contributed by atoms with Crippen molar-refractivity contribution >= 4 is 18.0 Å². The summed E-state index contributed by atoms with van der Waals surface area (Å²) in [5.74, 6) is -1.84. The minimum atomic E-state index is -0.735. The quantitative estimate of drug-likeness (QED) is 0.225. The highest BCUT2D eigenvalue weighted by molar-refractivity contribution is 6.45. The van der Waals surface area contributed by atoms with Crippen LogP contribution in [0.25, 0.3) is 0 Å². The van der Waals surface area contributed by atoms with E-state index in [0.717, 1.165) is 36.7 Å². The molecule has 2 rings (SSSR count). The maximum Gasteiger partial charge on any atom is 0.272 e. The summed E-state index contributed by atoms with van der Waals surface area (Å²) in [6, 6.07) is 11.1. The number of carbonyl (C=O) groups excluding carboxylic acids is 2. The van der Waals surface area contributed by atoms with Crippen molar-refractivity contribution in [3.63, 3.8) is 0 Å². The van der Waals surface area contributed by atoms with Crippen molar-refractivity contribution in [3.05, 3.63) is 70.8 Å². The molecule has 5 nitrogen and oxygen atoms in total. The van der Waals surface area contributed by atoms with Crippen LogP contribution in [0.5, 0.6) is 0 Å². The molecule has 0 unspecified atom stereocenters. The molecule has 0 saturated heterocycles. The van der Waals surface area contributed by atoms with Gasteiger partial charge in [-0.1, -0.05) is 84.7 Å². The lowest BCUT2D eigenvalue weighted by Crippen LogP contribution is -2.35. The zero-order chi connectivity index (χ0) is 29.7. The van der Waals surface area contributed by atoms with E-state index in [1.54, 1.807) is 7.05 Å². The molecule has 0 fully saturated rings. The molecule has 0 aromatic heterocycles. The van der Waals surface area contributed by atoms with Gasteiger partial charge in [-0.2, -0.15) is 0 Å². The smallest absolute Gasteiger partial charge is 0.272 e. The number of rotatable bonds is 8. The first kappa shape index (κ1) is 37.1. The van der Waals surface area contributed by atoms with Gasteiger partial charge in [-0.3, -0.25) is 14.6 Å². The lowest BCUT2D eigenvalue weighted by atomic mass is 10.0. The number of nitrogens with zero attached hydrogens (tertiary/aromatic N) is 2. The van der Waals surface area contributed by atoms with Crippen molar-refractivity contribution in [2.75, 3.05) is 27.2 Å². The summed E-state index contributed by atoms with van der Waals surface area (Å²) < 4.78 is 26.7. The number of aryl methyl sites for hydroxylation is 1. The van der Waals surface area contributed by atoms with Crippen molar-refractivity contribution in [1.82, 2.24) is 10.2 Å². The highest BCUT2D eigenvalue weighted by Crippen LogP contribution is 2.11. The Hall–Kier alpha value is -3.09. The molecule has 1 N–H and O–H groups in total. The zero-order valence-electron chi connectivity index (χ0n) is 25.1. The second-order valence-corrected chi connectivity index (χ2v) is 10.5. The largest absolute Gasteiger partial charge is 0.359 e. The Balaban J connectivity index is 0. The second kappa shape index (κ2) is 20.9. The van der Waals surface area contributed by atoms with E-state index >= 15 is 0 Å². The van der Waals surface area contributed by atoms with Gasteiger partial charge < -0.3 is 10.2 Å². The monoisotopic (exact) mass is 533 g/mol. The van der Waals surface area contributed by atoms with E-state index < -0.39 is 11.6 Å². The van der Waals surface area contributed by atoms with Crippen LogP contribution in [0, 0.1) is 24.0 Å². The standard InChI is InChI=1S/C19H20F2N2O.C5H12.C4H9NO.C3H8/c1-13-4-6-14(7-5-13)8-9-23(3)19(24)18(22-2)15-10-16(20)12-17(21)11-15;1-5(2,3)4;1-2-3-5-4-6;1-3-2/h4-7,10-12H,8-9H2,1-3H3;1-4H3;4H,2-3H2,1H3,(H,5,6);3H2,1-2H3. The third kappa shape index (κ3) is 20.0. The molecule has 0 aliphatic carbocycles. The molecule has 0 saturated carbocycles. The molecule has 0 spiro atoms. The number of hydrogen-bond acceptors (Lipinski definition) is 3. The zero-order valence-corrected chi connectivity index (χ0v) is 25.1. The predicted octanol–water partition coefficient (Wildman–Crippen LogP) is 7.00. The molecule has 2 amide bonds. The number of nitrogens with one attached hydrogen (secondary N) is 1. The van der Waals surface area contributed by atoms with Gasteiger partial charge in [0.2, 0.25) is 6.41 Å². The topological polar surface area (TPSA) is 61.8 Å². The van der Waals surface area contributed by atoms with Crippen LogP contribution in [0.2, 0.25) is 0 Å². The molecule has 0 aliphatic heterocycles. The van der Waals surface area contributed by atoms with E-state index in [0.29, 0.717) is 24.8 Å². The Labute approximate surface area is 229 Å². The van der Waals surface area contributed by atoms with Crippen LogP contribution in [0.4, 0.5) is 8.78 Å². The Morgan fingerprint density at radius 3 is 1.84 bits per heavy atom. The summed E-state index contributed by atoms with van der Waals surface area (Å²) in [4.78, 5) is 27.4. The van der Waals surface area contributed by atoms with Crippen molar-refractivity contribution in [2.24, 2.45) is 10.4 Å². The molecule has 0 radical (unpaired) electrons. The summed E-state index contributed by atoms with van der Waals surface area (Å²) in [6.45, 7) is 18.3. The highest BCUT2D eigenvalue weighted by atomic mass is 19.1. The van der Waals surface area contributed by atoms with Gasteiger partial charge in [0.05, 0.1) is 0 Å². The molecule has 0 atom stereocenters. The minimum absolute atomic E-state index is 0.0415. The SMILES string of the molecule is CC(C)(C)C.CCC.CCCNC=O.CN=C(C(=O)N(C)CCc1ccc(C)cc1)c1cc(F)cc(F)c1. The Morgan fingerprint density at radius 2 is 1.47 bits per heavy atom. The average molecular weight is 534 g/mol. The van der Waals surface area contributed by atoms with Gasteiger partial charge in [0.1, 0.15) is 17.3 Å². The van der Waals surface area contributed by atoms with Crippen molar-refractivity contribution in [2.45, 2.75) is 74.7 Å². The molecule has 0 aliphatic rings. The summed E-state index contributed by atoms with van der Waals surface area (Å²) in [6.07, 6.45) is 3.67. The van der Waals surface area contributed by atoms with Gasteiger partial charge in [0, 0.05) is 38.8 Å². The van der Waals surface area contributed by atoms with Gasteiger partial charge in [-0.15, -0.1) is 0 Å². The fraction of sp³-hybridized carbons (Fsp3) is 0.516. The summed E-state index contributed by atoms with van der Waals surface area (Å²) in [5, 5.41) is 2.52. The Bertz CT molecular complexity index is 926. The van der Waals surface area contributed by atoms with E-state index in [2.05, 4.69) is 51.9 Å². The van der Waals surface area contributed by atoms with Gasteiger partial charge in [0.25, 0.3) is 5.91 Å². The molecule has 2 aromatic carbocycles. The number of hydrogen-bond donors (Lipinski definition) is 1. The van der Waals surface area contributed by atoms with E-state index in [1.165, 1.54) is 23.9 Å². The molecule has 7 heteroatoms. The normalized spacial score (nSPS) is 10.5. The van der Waals surface area contributed by atoms with E-state index in [9.17, 15) is 18.4 Å². The van der Waals surface area contributed by atoms with E-state index in [-0.39, 0.29) is 17.2 Å². The molecule has 38 heavy (non-hydrogen) atoms. The van der Waals surface area contributed by atoms with Crippen molar-refractivity contribution < 1.29 is 18.4 Å². The Morgan fingerprint density at radius 1 is 1.00 bits per heavy atom. The van der Waals surface area contributed by atoms with Gasteiger partial charge in [-0.05, 0) is 42.9 Å². The van der Waals surface area contributed by atoms with Gasteiger partial charge in [-0.25, -0.2) is 8.78 Å². The summed E-state index contributed by atoms with van der Waals surface area (Å²) in [5.41, 5.74) is 2.98. The fourth-order valence-electron chi connectivity index (χ4n) is 2.58. The van der Waals surface area contributed by atoms with Gasteiger partial charge in [0.15, 0.2) is 0 Å². The number of amides is 2. The van der Waals surface area contributed by atoms with Crippen LogP contribution in [0.15, 0.2) is 47.5 Å². The maximum absolute atomic E-state index is 13.4. The molecule has 0 heterocycles. The minimum Gasteiger partial charge on any atom is -0.359 e. The molecular weight excluding hydrogens is 484 g/mol. The first-order valence-corrected chi connectivity index (χ1v) is 13.1. The second-order valence-electron chi connectivity index (χ2n) is 10.5. The lowest BCUT2D eigenvalue weighted by molar-refractivity contribution is -0.122. The molecule has 214 valence electrons. The molecule has 0 bridgehead atoms. The van der Waals surface area contributed by atoms with Crippen molar-refractivity contribution in [1.29, 1.82) is 0 Å². The van der Waals surface area contributed by atoms with Crippen LogP contribution in [-0.4, -0.2) is 50.1 Å². The summed E-state index contributed by atoms with van der Waals surface area (Å²) >= 11 is 0. The van der Waals surface area contributed by atoms with E-state index in [4.69, 9.17) is 0 Å². The molecular formula is C31H49F2N3O2. The van der Waals surface area contributed by atoms with Crippen LogP contribution in [-0.2, 0) is 16.0 Å². The predicted molar refractivity (Wildman–Crippen MR) is 157 cm³/mol. The Kier molecular flexibility index (Phi) is 20.4. The van der Waals surface area contributed by atoms with Crippen LogP contribution >= 0.6 is 0 Å². The summed E-state index contributed by atoms with van der Waals surface area (Å²) in [7, 11) is 3.08. The van der Waals surface area contributed by atoms with Gasteiger partial charge >= 0.3 is 0 Å². The number of halogens is 2. The van der Waals surface area contributed by atoms with Crippen LogP contribution < -0.4 is 5.32 Å². The number of carbonyl (C=O) groups is 2. The molecule has 2 aromatic rings. The first-order valence-electron chi connectivity index (χ1n) is 13.1. The number of likely N-dealkylation sites (N-methyl/N-ethyl adjacent to an activating group) is 1. The van der Waals surface area contributed by atoms with Crippen molar-refractivity contribution in [3.8, 4) is 0 Å². The van der Waals surface area contributed by atoms with E-state index in [1.807, 2.05) is 38.1 Å². The average Bonchev–Trinajstić information content (AvgIpc) is 2.82. The van der Waals surface area contributed by atoms with Crippen LogP contribution in [0.1, 0.15) is 78.0 Å². The maximum atomic E-state index is 13.4. The highest BCUT2D eigenvalue weighted by Gasteiger charge is 2.19.